The number of rotatable bonds is 2. The second-order valence-electron chi connectivity index (χ2n) is 3.82. The van der Waals surface area contributed by atoms with Crippen LogP contribution in [0.3, 0.4) is 0 Å². The molecule has 90 valence electrons. The first-order valence-electron chi connectivity index (χ1n) is 5.20. The molecule has 0 saturated heterocycles. The molecule has 2 aromatic heterocycles. The maximum Gasteiger partial charge on any atom is 0.328 e. The monoisotopic (exact) mass is 251 g/mol. The smallest absolute Gasteiger partial charge is 0.328 e. The lowest BCUT2D eigenvalue weighted by Gasteiger charge is -2.11. The van der Waals surface area contributed by atoms with Crippen LogP contribution in [0.15, 0.2) is 12.1 Å². The van der Waals surface area contributed by atoms with Crippen molar-refractivity contribution < 1.29 is 9.53 Å². The lowest BCUT2D eigenvalue weighted by molar-refractivity contribution is -0.143. The molecule has 1 N–H and O–H groups in total. The first kappa shape index (κ1) is 11.8. The number of esters is 1. The molecule has 0 aliphatic heterocycles. The van der Waals surface area contributed by atoms with E-state index in [0.29, 0.717) is 10.4 Å². The van der Waals surface area contributed by atoms with Crippen LogP contribution in [-0.4, -0.2) is 27.6 Å². The Balaban J connectivity index is 2.67. The van der Waals surface area contributed by atoms with Gasteiger partial charge in [-0.15, -0.1) is 0 Å². The summed E-state index contributed by atoms with van der Waals surface area (Å²) in [5, 5.41) is 0. The molecular formula is C11H13N3O2S. The topological polar surface area (TPSA) is 59.9 Å². The third-order valence-electron chi connectivity index (χ3n) is 2.63. The van der Waals surface area contributed by atoms with Gasteiger partial charge < -0.3 is 9.72 Å². The van der Waals surface area contributed by atoms with Crippen molar-refractivity contribution in [2.45, 2.75) is 19.9 Å². The van der Waals surface area contributed by atoms with Crippen molar-refractivity contribution in [2.75, 3.05) is 7.11 Å². The third kappa shape index (κ3) is 1.95. The van der Waals surface area contributed by atoms with Crippen LogP contribution < -0.4 is 0 Å². The number of ether oxygens (including phenoxy) is 1. The lowest BCUT2D eigenvalue weighted by Crippen LogP contribution is -2.18. The summed E-state index contributed by atoms with van der Waals surface area (Å²) in [4.78, 5) is 19.0. The number of pyridine rings is 1. The van der Waals surface area contributed by atoms with Crippen LogP contribution in [0.1, 0.15) is 18.7 Å². The maximum absolute atomic E-state index is 11.6. The number of nitrogens with one attached hydrogen (secondary N) is 1. The minimum atomic E-state index is -0.490. The van der Waals surface area contributed by atoms with Gasteiger partial charge in [-0.05, 0) is 38.2 Å². The zero-order valence-corrected chi connectivity index (χ0v) is 10.7. The predicted molar refractivity (Wildman–Crippen MR) is 66.4 cm³/mol. The van der Waals surface area contributed by atoms with E-state index in [2.05, 4.69) is 9.97 Å². The Kier molecular flexibility index (Phi) is 2.97. The quantitative estimate of drug-likeness (QED) is 0.656. The number of carbonyl (C=O) groups is 1. The molecule has 0 aliphatic rings. The van der Waals surface area contributed by atoms with E-state index in [9.17, 15) is 4.79 Å². The molecule has 0 bridgehead atoms. The first-order valence-corrected chi connectivity index (χ1v) is 5.61. The molecule has 0 aromatic carbocycles. The van der Waals surface area contributed by atoms with Crippen molar-refractivity contribution in [3.63, 3.8) is 0 Å². The van der Waals surface area contributed by atoms with Gasteiger partial charge in [-0.25, -0.2) is 9.78 Å². The van der Waals surface area contributed by atoms with Gasteiger partial charge in [0.15, 0.2) is 10.4 Å². The average molecular weight is 251 g/mol. The summed E-state index contributed by atoms with van der Waals surface area (Å²) in [6.45, 7) is 3.63. The fraction of sp³-hybridized carbons (Fsp3) is 0.364. The molecule has 0 fully saturated rings. The van der Waals surface area contributed by atoms with Crippen molar-refractivity contribution in [1.29, 1.82) is 0 Å². The van der Waals surface area contributed by atoms with Crippen LogP contribution in [0.4, 0.5) is 0 Å². The lowest BCUT2D eigenvalue weighted by atomic mass is 10.3. The molecule has 0 amide bonds. The van der Waals surface area contributed by atoms with Gasteiger partial charge in [0.05, 0.1) is 12.6 Å². The summed E-state index contributed by atoms with van der Waals surface area (Å²) in [5.74, 6) is -0.342. The summed E-state index contributed by atoms with van der Waals surface area (Å²) >= 11 is 5.20. The number of fused-ring (bicyclic) bond motifs is 1. The number of hydrogen-bond acceptors (Lipinski definition) is 4. The largest absolute Gasteiger partial charge is 0.467 e. The van der Waals surface area contributed by atoms with E-state index in [1.165, 1.54) is 7.11 Å². The van der Waals surface area contributed by atoms with Crippen LogP contribution in [-0.2, 0) is 9.53 Å². The van der Waals surface area contributed by atoms with Gasteiger partial charge in [-0.1, -0.05) is 0 Å². The van der Waals surface area contributed by atoms with E-state index < -0.39 is 6.04 Å². The number of carbonyl (C=O) groups excluding carboxylic acids is 1. The summed E-state index contributed by atoms with van der Waals surface area (Å²) in [5.41, 5.74) is 2.36. The van der Waals surface area contributed by atoms with Crippen LogP contribution in [0, 0.1) is 11.7 Å². The summed E-state index contributed by atoms with van der Waals surface area (Å²) in [6.07, 6.45) is 0. The van der Waals surface area contributed by atoms with Crippen LogP contribution in [0.5, 0.6) is 0 Å². The standard InChI is InChI=1S/C11H13N3O2S/c1-6-4-5-8-9(12-6)14(11(17)13-8)7(2)10(15)16-3/h4-5,7H,1-3H3,(H,13,17). The van der Waals surface area contributed by atoms with E-state index >= 15 is 0 Å². The molecule has 0 spiro atoms. The van der Waals surface area contributed by atoms with E-state index in [4.69, 9.17) is 17.0 Å². The number of nitrogens with zero attached hydrogens (tertiary/aromatic N) is 2. The highest BCUT2D eigenvalue weighted by Crippen LogP contribution is 2.18. The number of hydrogen-bond donors (Lipinski definition) is 1. The zero-order chi connectivity index (χ0) is 12.6. The van der Waals surface area contributed by atoms with E-state index in [1.807, 2.05) is 19.1 Å². The molecular weight excluding hydrogens is 238 g/mol. The molecule has 5 nitrogen and oxygen atoms in total. The molecule has 1 atom stereocenters. The minimum Gasteiger partial charge on any atom is -0.467 e. The highest BCUT2D eigenvalue weighted by atomic mass is 32.1. The minimum absolute atomic E-state index is 0.342. The Labute approximate surface area is 103 Å². The highest BCUT2D eigenvalue weighted by Gasteiger charge is 2.19. The molecule has 17 heavy (non-hydrogen) atoms. The fourth-order valence-corrected chi connectivity index (χ4v) is 2.09. The van der Waals surface area contributed by atoms with Gasteiger partial charge in [-0.3, -0.25) is 4.57 Å². The Hall–Kier alpha value is -1.69. The number of aromatic nitrogens is 3. The van der Waals surface area contributed by atoms with Crippen molar-refractivity contribution in [2.24, 2.45) is 0 Å². The van der Waals surface area contributed by atoms with Gasteiger partial charge in [0.1, 0.15) is 6.04 Å². The van der Waals surface area contributed by atoms with Gasteiger partial charge in [0, 0.05) is 5.69 Å². The zero-order valence-electron chi connectivity index (χ0n) is 9.85. The molecule has 2 rings (SSSR count). The SMILES string of the molecule is COC(=O)C(C)n1c(=S)[nH]c2ccc(C)nc21. The van der Waals surface area contributed by atoms with Crippen LogP contribution >= 0.6 is 12.2 Å². The molecule has 6 heteroatoms. The molecule has 0 saturated carbocycles. The maximum atomic E-state index is 11.6. The first-order chi connectivity index (χ1) is 8.04. The molecule has 2 aromatic rings. The van der Waals surface area contributed by atoms with E-state index in [1.54, 1.807) is 11.5 Å². The summed E-state index contributed by atoms with van der Waals surface area (Å²) < 4.78 is 6.86. The van der Waals surface area contributed by atoms with Crippen molar-refractivity contribution in [3.05, 3.63) is 22.6 Å². The van der Waals surface area contributed by atoms with E-state index in [-0.39, 0.29) is 5.97 Å². The van der Waals surface area contributed by atoms with Gasteiger partial charge in [0.2, 0.25) is 0 Å². The summed E-state index contributed by atoms with van der Waals surface area (Å²) in [7, 11) is 1.36. The average Bonchev–Trinajstić information content (AvgIpc) is 2.62. The Morgan fingerprint density at radius 3 is 2.94 bits per heavy atom. The number of aryl methyl sites for hydroxylation is 1. The third-order valence-corrected chi connectivity index (χ3v) is 2.93. The second kappa shape index (κ2) is 4.29. The molecule has 1 unspecified atom stereocenters. The van der Waals surface area contributed by atoms with Crippen molar-refractivity contribution in [3.8, 4) is 0 Å². The van der Waals surface area contributed by atoms with Crippen molar-refractivity contribution in [1.82, 2.24) is 14.5 Å². The predicted octanol–water partition coefficient (Wildman–Crippen LogP) is 2.14. The van der Waals surface area contributed by atoms with Crippen LogP contribution in [0.2, 0.25) is 0 Å². The van der Waals surface area contributed by atoms with Gasteiger partial charge in [-0.2, -0.15) is 0 Å². The number of imidazole rings is 1. The molecule has 2 heterocycles. The Morgan fingerprint density at radius 1 is 1.59 bits per heavy atom. The number of methoxy groups -OCH3 is 1. The van der Waals surface area contributed by atoms with Gasteiger partial charge in [0.25, 0.3) is 0 Å². The second-order valence-corrected chi connectivity index (χ2v) is 4.21. The van der Waals surface area contributed by atoms with Gasteiger partial charge >= 0.3 is 5.97 Å². The highest BCUT2D eigenvalue weighted by molar-refractivity contribution is 7.71. The number of H-pyrrole nitrogens is 1. The fourth-order valence-electron chi connectivity index (χ4n) is 1.73. The van der Waals surface area contributed by atoms with Crippen LogP contribution in [0.25, 0.3) is 11.2 Å². The number of aromatic amines is 1. The van der Waals surface area contributed by atoms with Crippen molar-refractivity contribution >= 4 is 29.4 Å². The Morgan fingerprint density at radius 2 is 2.29 bits per heavy atom. The van der Waals surface area contributed by atoms with E-state index in [0.717, 1.165) is 11.2 Å². The normalized spacial score (nSPS) is 12.6. The molecule has 0 radical (unpaired) electrons. The molecule has 0 aliphatic carbocycles. The Bertz CT molecular complexity index is 629. The summed E-state index contributed by atoms with van der Waals surface area (Å²) in [6, 6.07) is 3.30.